The molecular weight excluding hydrogens is 252 g/mol. The predicted octanol–water partition coefficient (Wildman–Crippen LogP) is 2.03. The van der Waals surface area contributed by atoms with Gasteiger partial charge < -0.3 is 4.57 Å². The van der Waals surface area contributed by atoms with E-state index in [1.807, 2.05) is 32.0 Å². The number of hydrogen-bond donors (Lipinski definition) is 0. The Bertz CT molecular complexity index is 747. The molecule has 1 aliphatic rings. The largest absolute Gasteiger partial charge is 0.320 e. The average Bonchev–Trinajstić information content (AvgIpc) is 3.18. The molecule has 1 aromatic heterocycles. The molecule has 1 saturated carbocycles. The van der Waals surface area contributed by atoms with E-state index < -0.39 is 11.1 Å². The summed E-state index contributed by atoms with van der Waals surface area (Å²) in [6, 6.07) is 5.88. The van der Waals surface area contributed by atoms with Gasteiger partial charge in [-0.25, -0.2) is 0 Å². The van der Waals surface area contributed by atoms with E-state index in [1.165, 1.54) is 4.57 Å². The van der Waals surface area contributed by atoms with Crippen LogP contribution in [0, 0.1) is 19.8 Å². The van der Waals surface area contributed by atoms with Crippen molar-refractivity contribution in [3.8, 4) is 5.69 Å². The number of benzene rings is 1. The molecule has 0 spiro atoms. The quantitative estimate of drug-likeness (QED) is 0.801. The van der Waals surface area contributed by atoms with Gasteiger partial charge in [-0.15, -0.1) is 0 Å². The Morgan fingerprint density at radius 3 is 2.25 bits per heavy atom. The van der Waals surface area contributed by atoms with Gasteiger partial charge in [-0.1, -0.05) is 6.07 Å². The summed E-state index contributed by atoms with van der Waals surface area (Å²) in [6.45, 7) is 4.63. The van der Waals surface area contributed by atoms with Crippen LogP contribution in [0.25, 0.3) is 5.69 Å². The first kappa shape index (κ1) is 12.9. The van der Waals surface area contributed by atoms with Gasteiger partial charge in [-0.3, -0.25) is 14.2 Å². The van der Waals surface area contributed by atoms with E-state index in [-0.39, 0.29) is 0 Å². The van der Waals surface area contributed by atoms with Crippen molar-refractivity contribution in [3.63, 3.8) is 0 Å². The van der Waals surface area contributed by atoms with E-state index >= 15 is 0 Å². The number of hydrogen-bond acceptors (Lipinski definition) is 2. The summed E-state index contributed by atoms with van der Waals surface area (Å²) < 4.78 is 2.98. The van der Waals surface area contributed by atoms with Crippen molar-refractivity contribution in [2.24, 2.45) is 5.92 Å². The Morgan fingerprint density at radius 1 is 1.00 bits per heavy atom. The molecule has 0 unspecified atom stereocenters. The SMILES string of the molecule is Cc1cc(C)cc(-n2ccn(CC3CC3)c(=O)c2=O)c1. The molecule has 3 rings (SSSR count). The zero-order valence-corrected chi connectivity index (χ0v) is 11.8. The molecule has 1 fully saturated rings. The molecule has 0 radical (unpaired) electrons. The average molecular weight is 270 g/mol. The summed E-state index contributed by atoms with van der Waals surface area (Å²) in [5, 5.41) is 0. The Kier molecular flexibility index (Phi) is 3.08. The molecule has 2 aromatic rings. The monoisotopic (exact) mass is 270 g/mol. The van der Waals surface area contributed by atoms with Gasteiger partial charge in [0.15, 0.2) is 0 Å². The van der Waals surface area contributed by atoms with Crippen molar-refractivity contribution < 1.29 is 0 Å². The minimum Gasteiger partial charge on any atom is -0.309 e. The molecule has 104 valence electrons. The lowest BCUT2D eigenvalue weighted by Gasteiger charge is -2.10. The van der Waals surface area contributed by atoms with Crippen molar-refractivity contribution in [2.45, 2.75) is 33.2 Å². The molecule has 0 saturated heterocycles. The molecule has 1 heterocycles. The van der Waals surface area contributed by atoms with Gasteiger partial charge >= 0.3 is 11.1 Å². The van der Waals surface area contributed by atoms with Gasteiger partial charge in [0, 0.05) is 24.6 Å². The zero-order valence-electron chi connectivity index (χ0n) is 11.8. The Morgan fingerprint density at radius 2 is 1.65 bits per heavy atom. The van der Waals surface area contributed by atoms with Crippen LogP contribution < -0.4 is 11.1 Å². The second kappa shape index (κ2) is 4.78. The van der Waals surface area contributed by atoms with Crippen LogP contribution in [0.15, 0.2) is 40.2 Å². The molecule has 1 aliphatic carbocycles. The van der Waals surface area contributed by atoms with E-state index in [9.17, 15) is 9.59 Å². The first-order valence-electron chi connectivity index (χ1n) is 6.95. The zero-order chi connectivity index (χ0) is 14.3. The Labute approximate surface area is 117 Å². The highest BCUT2D eigenvalue weighted by molar-refractivity contribution is 5.39. The van der Waals surface area contributed by atoms with E-state index in [0.29, 0.717) is 12.5 Å². The molecule has 0 bridgehead atoms. The lowest BCUT2D eigenvalue weighted by atomic mass is 10.1. The lowest BCUT2D eigenvalue weighted by molar-refractivity contribution is 0.592. The molecule has 0 amide bonds. The van der Waals surface area contributed by atoms with Crippen molar-refractivity contribution in [1.82, 2.24) is 9.13 Å². The Hall–Kier alpha value is -2.10. The van der Waals surface area contributed by atoms with E-state index in [0.717, 1.165) is 29.7 Å². The predicted molar refractivity (Wildman–Crippen MR) is 78.5 cm³/mol. The van der Waals surface area contributed by atoms with E-state index in [2.05, 4.69) is 0 Å². The molecule has 4 nitrogen and oxygen atoms in total. The normalized spacial score (nSPS) is 14.5. The van der Waals surface area contributed by atoms with E-state index in [1.54, 1.807) is 17.0 Å². The fourth-order valence-electron chi connectivity index (χ4n) is 2.52. The molecule has 0 aliphatic heterocycles. The lowest BCUT2D eigenvalue weighted by Crippen LogP contribution is -2.40. The van der Waals surface area contributed by atoms with Crippen LogP contribution in [0.2, 0.25) is 0 Å². The number of rotatable bonds is 3. The minimum absolute atomic E-state index is 0.432. The van der Waals surface area contributed by atoms with Crippen LogP contribution in [-0.4, -0.2) is 9.13 Å². The fraction of sp³-hybridized carbons (Fsp3) is 0.375. The van der Waals surface area contributed by atoms with Crippen molar-refractivity contribution in [3.05, 3.63) is 62.4 Å². The third-order valence-electron chi connectivity index (χ3n) is 3.69. The van der Waals surface area contributed by atoms with Crippen LogP contribution in [0.4, 0.5) is 0 Å². The molecule has 1 aromatic carbocycles. The van der Waals surface area contributed by atoms with Crippen LogP contribution in [0.3, 0.4) is 0 Å². The molecule has 0 N–H and O–H groups in total. The van der Waals surface area contributed by atoms with Gasteiger partial charge in [-0.05, 0) is 55.9 Å². The fourth-order valence-corrected chi connectivity index (χ4v) is 2.52. The highest BCUT2D eigenvalue weighted by Crippen LogP contribution is 2.29. The van der Waals surface area contributed by atoms with Gasteiger partial charge in [-0.2, -0.15) is 0 Å². The van der Waals surface area contributed by atoms with Crippen LogP contribution in [0.5, 0.6) is 0 Å². The van der Waals surface area contributed by atoms with Crippen LogP contribution in [0.1, 0.15) is 24.0 Å². The topological polar surface area (TPSA) is 44.0 Å². The molecule has 0 atom stereocenters. The van der Waals surface area contributed by atoms with Gasteiger partial charge in [0.25, 0.3) is 0 Å². The summed E-state index contributed by atoms with van der Waals surface area (Å²) >= 11 is 0. The minimum atomic E-state index is -0.474. The highest BCUT2D eigenvalue weighted by atomic mass is 16.2. The van der Waals surface area contributed by atoms with Crippen LogP contribution in [-0.2, 0) is 6.54 Å². The number of aromatic nitrogens is 2. The molecular formula is C16H18N2O2. The summed E-state index contributed by atoms with van der Waals surface area (Å²) in [6.07, 6.45) is 5.74. The highest BCUT2D eigenvalue weighted by Gasteiger charge is 2.22. The maximum absolute atomic E-state index is 12.2. The summed E-state index contributed by atoms with van der Waals surface area (Å²) in [7, 11) is 0. The summed E-state index contributed by atoms with van der Waals surface area (Å²) in [4.78, 5) is 24.4. The van der Waals surface area contributed by atoms with Crippen LogP contribution >= 0.6 is 0 Å². The number of nitrogens with zero attached hydrogens (tertiary/aromatic N) is 2. The first-order chi connectivity index (χ1) is 9.54. The third kappa shape index (κ3) is 2.46. The molecule has 20 heavy (non-hydrogen) atoms. The maximum atomic E-state index is 12.2. The summed E-state index contributed by atoms with van der Waals surface area (Å²) in [5.74, 6) is 0.573. The number of aryl methyl sites for hydroxylation is 2. The summed E-state index contributed by atoms with van der Waals surface area (Å²) in [5.41, 5.74) is 2.00. The standard InChI is InChI=1S/C16H18N2O2/c1-11-7-12(2)9-14(8-11)18-6-5-17(10-13-3-4-13)15(19)16(18)20/h5-9,13H,3-4,10H2,1-2H3. The van der Waals surface area contributed by atoms with Gasteiger partial charge in [0.05, 0.1) is 0 Å². The third-order valence-corrected chi connectivity index (χ3v) is 3.69. The van der Waals surface area contributed by atoms with E-state index in [4.69, 9.17) is 0 Å². The molecule has 4 heteroatoms. The van der Waals surface area contributed by atoms with Crippen molar-refractivity contribution in [2.75, 3.05) is 0 Å². The van der Waals surface area contributed by atoms with Crippen molar-refractivity contribution >= 4 is 0 Å². The van der Waals surface area contributed by atoms with Crippen molar-refractivity contribution in [1.29, 1.82) is 0 Å². The Balaban J connectivity index is 2.08. The first-order valence-corrected chi connectivity index (χ1v) is 6.95. The maximum Gasteiger partial charge on any atom is 0.320 e. The van der Waals surface area contributed by atoms with Gasteiger partial charge in [0.2, 0.25) is 0 Å². The van der Waals surface area contributed by atoms with Gasteiger partial charge in [0.1, 0.15) is 0 Å². The second-order valence-corrected chi connectivity index (χ2v) is 5.72. The smallest absolute Gasteiger partial charge is 0.309 e. The second-order valence-electron chi connectivity index (χ2n) is 5.72.